The molecule has 0 aromatic heterocycles. The Kier molecular flexibility index (Phi) is 17.7. The second kappa shape index (κ2) is 18.0. The molecule has 0 aliphatic rings. The van der Waals surface area contributed by atoms with E-state index >= 15 is 0 Å². The largest absolute Gasteiger partial charge is 0.393 e. The van der Waals surface area contributed by atoms with Crippen molar-refractivity contribution < 1.29 is 9.90 Å². The van der Waals surface area contributed by atoms with Gasteiger partial charge in [-0.05, 0) is 26.2 Å². The SMILES string of the molecule is CCCC[C@@H](O)CCCCCCCCCCCCCCC(C)=O. The van der Waals surface area contributed by atoms with Gasteiger partial charge in [0.25, 0.3) is 0 Å². The van der Waals surface area contributed by atoms with E-state index in [2.05, 4.69) is 6.92 Å². The predicted molar refractivity (Wildman–Crippen MR) is 101 cm³/mol. The molecule has 0 radical (unpaired) electrons. The molecular formula is C21H42O2. The molecule has 0 fully saturated rings. The van der Waals surface area contributed by atoms with Gasteiger partial charge in [0.2, 0.25) is 0 Å². The lowest BCUT2D eigenvalue weighted by atomic mass is 10.0. The van der Waals surface area contributed by atoms with Crippen molar-refractivity contribution in [3.63, 3.8) is 0 Å². The Morgan fingerprint density at radius 2 is 1.09 bits per heavy atom. The minimum absolute atomic E-state index is 0.0506. The van der Waals surface area contributed by atoms with E-state index in [4.69, 9.17) is 0 Å². The lowest BCUT2D eigenvalue weighted by molar-refractivity contribution is -0.117. The Hall–Kier alpha value is -0.370. The van der Waals surface area contributed by atoms with E-state index in [1.807, 2.05) is 0 Å². The van der Waals surface area contributed by atoms with E-state index in [1.54, 1.807) is 6.92 Å². The number of rotatable bonds is 18. The molecule has 1 atom stereocenters. The molecule has 0 spiro atoms. The average molecular weight is 327 g/mol. The second-order valence-corrected chi connectivity index (χ2v) is 7.28. The van der Waals surface area contributed by atoms with E-state index in [0.717, 1.165) is 32.1 Å². The first-order valence-corrected chi connectivity index (χ1v) is 10.3. The van der Waals surface area contributed by atoms with E-state index < -0.39 is 0 Å². The molecule has 0 unspecified atom stereocenters. The van der Waals surface area contributed by atoms with Gasteiger partial charge in [0, 0.05) is 6.42 Å². The summed E-state index contributed by atoms with van der Waals surface area (Å²) in [5.74, 6) is 0.334. The number of hydrogen-bond acceptors (Lipinski definition) is 2. The fraction of sp³-hybridized carbons (Fsp3) is 0.952. The zero-order valence-corrected chi connectivity index (χ0v) is 16.0. The first kappa shape index (κ1) is 22.6. The molecule has 0 rings (SSSR count). The number of Topliss-reactive ketones (excluding diaryl/α,β-unsaturated/α-hetero) is 1. The van der Waals surface area contributed by atoms with Gasteiger partial charge in [-0.2, -0.15) is 0 Å². The number of carbonyl (C=O) groups is 1. The minimum Gasteiger partial charge on any atom is -0.393 e. The summed E-state index contributed by atoms with van der Waals surface area (Å²) in [5, 5.41) is 9.77. The zero-order valence-electron chi connectivity index (χ0n) is 16.0. The van der Waals surface area contributed by atoms with Crippen molar-refractivity contribution in [1.29, 1.82) is 0 Å². The highest BCUT2D eigenvalue weighted by atomic mass is 16.3. The summed E-state index contributed by atoms with van der Waals surface area (Å²) in [7, 11) is 0. The van der Waals surface area contributed by atoms with E-state index in [0.29, 0.717) is 5.78 Å². The molecule has 0 aromatic carbocycles. The topological polar surface area (TPSA) is 37.3 Å². The van der Waals surface area contributed by atoms with Gasteiger partial charge >= 0.3 is 0 Å². The van der Waals surface area contributed by atoms with Gasteiger partial charge in [-0.1, -0.05) is 90.4 Å². The molecule has 1 N–H and O–H groups in total. The van der Waals surface area contributed by atoms with Crippen LogP contribution in [0.15, 0.2) is 0 Å². The second-order valence-electron chi connectivity index (χ2n) is 7.28. The predicted octanol–water partition coefficient (Wildman–Crippen LogP) is 6.59. The van der Waals surface area contributed by atoms with Crippen molar-refractivity contribution in [3.8, 4) is 0 Å². The summed E-state index contributed by atoms with van der Waals surface area (Å²) in [6, 6.07) is 0. The molecule has 0 saturated carbocycles. The van der Waals surface area contributed by atoms with Gasteiger partial charge in [0.1, 0.15) is 5.78 Å². The minimum atomic E-state index is -0.0506. The van der Waals surface area contributed by atoms with Gasteiger partial charge < -0.3 is 9.90 Å². The molecule has 0 aliphatic heterocycles. The number of hydrogen-bond donors (Lipinski definition) is 1. The summed E-state index contributed by atoms with van der Waals surface area (Å²) in [6.45, 7) is 3.87. The van der Waals surface area contributed by atoms with Gasteiger partial charge in [0.05, 0.1) is 6.10 Å². The van der Waals surface area contributed by atoms with Crippen LogP contribution in [0.2, 0.25) is 0 Å². The Bertz CT molecular complexity index is 250. The van der Waals surface area contributed by atoms with E-state index in [9.17, 15) is 9.90 Å². The molecule has 0 saturated heterocycles. The lowest BCUT2D eigenvalue weighted by Gasteiger charge is -2.09. The summed E-state index contributed by atoms with van der Waals surface area (Å²) < 4.78 is 0. The highest BCUT2D eigenvalue weighted by molar-refractivity contribution is 5.75. The Morgan fingerprint density at radius 1 is 0.696 bits per heavy atom. The molecular weight excluding hydrogens is 284 g/mol. The van der Waals surface area contributed by atoms with Gasteiger partial charge in [-0.15, -0.1) is 0 Å². The first-order chi connectivity index (χ1) is 11.2. The lowest BCUT2D eigenvalue weighted by Crippen LogP contribution is -2.05. The van der Waals surface area contributed by atoms with Crippen LogP contribution in [0.3, 0.4) is 0 Å². The van der Waals surface area contributed by atoms with Crippen molar-refractivity contribution in [2.75, 3.05) is 0 Å². The van der Waals surface area contributed by atoms with Crippen LogP contribution in [0.5, 0.6) is 0 Å². The summed E-state index contributed by atoms with van der Waals surface area (Å²) >= 11 is 0. The van der Waals surface area contributed by atoms with Crippen LogP contribution in [0.4, 0.5) is 0 Å². The number of aliphatic hydroxyl groups excluding tert-OH is 1. The van der Waals surface area contributed by atoms with Crippen LogP contribution >= 0.6 is 0 Å². The Morgan fingerprint density at radius 3 is 1.52 bits per heavy atom. The quantitative estimate of drug-likeness (QED) is 0.288. The van der Waals surface area contributed by atoms with Crippen LogP contribution in [0.25, 0.3) is 0 Å². The number of ketones is 1. The Balaban J connectivity index is 3.06. The smallest absolute Gasteiger partial charge is 0.129 e. The molecule has 2 heteroatoms. The maximum atomic E-state index is 10.8. The molecule has 2 nitrogen and oxygen atoms in total. The monoisotopic (exact) mass is 326 g/mol. The highest BCUT2D eigenvalue weighted by Crippen LogP contribution is 2.14. The molecule has 138 valence electrons. The molecule has 0 heterocycles. The summed E-state index contributed by atoms with van der Waals surface area (Å²) in [4.78, 5) is 10.8. The van der Waals surface area contributed by atoms with Gasteiger partial charge in [0.15, 0.2) is 0 Å². The average Bonchev–Trinajstić information content (AvgIpc) is 2.52. The molecule has 0 amide bonds. The van der Waals surface area contributed by atoms with Gasteiger partial charge in [-0.3, -0.25) is 0 Å². The summed E-state index contributed by atoms with van der Waals surface area (Å²) in [6.07, 6.45) is 20.7. The third-order valence-corrected chi connectivity index (χ3v) is 4.71. The third-order valence-electron chi connectivity index (χ3n) is 4.71. The van der Waals surface area contributed by atoms with Crippen molar-refractivity contribution in [1.82, 2.24) is 0 Å². The van der Waals surface area contributed by atoms with Gasteiger partial charge in [-0.25, -0.2) is 0 Å². The van der Waals surface area contributed by atoms with Crippen molar-refractivity contribution in [2.24, 2.45) is 0 Å². The Labute approximate surface area is 145 Å². The molecule has 0 bridgehead atoms. The maximum Gasteiger partial charge on any atom is 0.129 e. The van der Waals surface area contributed by atoms with E-state index in [1.165, 1.54) is 77.0 Å². The van der Waals surface area contributed by atoms with Crippen LogP contribution in [0, 0.1) is 0 Å². The number of carbonyl (C=O) groups excluding carboxylic acids is 1. The maximum absolute atomic E-state index is 10.8. The van der Waals surface area contributed by atoms with Crippen LogP contribution in [0.1, 0.15) is 123 Å². The number of aliphatic hydroxyl groups is 1. The standard InChI is InChI=1S/C21H42O2/c1-3-4-18-21(23)19-16-14-12-10-8-6-5-7-9-11-13-15-17-20(2)22/h21,23H,3-19H2,1-2H3/t21-/m1/s1. The fourth-order valence-corrected chi connectivity index (χ4v) is 3.11. The molecule has 0 aromatic rings. The van der Waals surface area contributed by atoms with Crippen LogP contribution in [-0.2, 0) is 4.79 Å². The van der Waals surface area contributed by atoms with Crippen molar-refractivity contribution >= 4 is 5.78 Å². The van der Waals surface area contributed by atoms with Crippen molar-refractivity contribution in [3.05, 3.63) is 0 Å². The summed E-state index contributed by atoms with van der Waals surface area (Å²) in [5.41, 5.74) is 0. The van der Waals surface area contributed by atoms with Crippen molar-refractivity contribution in [2.45, 2.75) is 129 Å². The van der Waals surface area contributed by atoms with Crippen LogP contribution < -0.4 is 0 Å². The van der Waals surface area contributed by atoms with E-state index in [-0.39, 0.29) is 6.10 Å². The fourth-order valence-electron chi connectivity index (χ4n) is 3.11. The molecule has 0 aliphatic carbocycles. The zero-order chi connectivity index (χ0) is 17.2. The first-order valence-electron chi connectivity index (χ1n) is 10.3. The third kappa shape index (κ3) is 19.6. The highest BCUT2D eigenvalue weighted by Gasteiger charge is 2.02. The van der Waals surface area contributed by atoms with Crippen LogP contribution in [-0.4, -0.2) is 17.0 Å². The molecule has 23 heavy (non-hydrogen) atoms. The number of unbranched alkanes of at least 4 members (excludes halogenated alkanes) is 12. The normalized spacial score (nSPS) is 12.5.